The van der Waals surface area contributed by atoms with Gasteiger partial charge < -0.3 is 0 Å². The summed E-state index contributed by atoms with van der Waals surface area (Å²) in [5.74, 6) is 0.733. The van der Waals surface area contributed by atoms with E-state index in [4.69, 9.17) is 5.26 Å². The van der Waals surface area contributed by atoms with Crippen molar-refractivity contribution >= 4 is 10.0 Å². The van der Waals surface area contributed by atoms with Crippen molar-refractivity contribution in [2.75, 3.05) is 0 Å². The first-order chi connectivity index (χ1) is 10.0. The lowest BCUT2D eigenvalue weighted by Crippen LogP contribution is -2.38. The van der Waals surface area contributed by atoms with E-state index in [1.165, 1.54) is 6.42 Å². The normalized spacial score (nSPS) is 22.7. The highest BCUT2D eigenvalue weighted by Gasteiger charge is 2.24. The van der Waals surface area contributed by atoms with E-state index >= 15 is 0 Å². The average Bonchev–Trinajstić information content (AvgIpc) is 2.48. The van der Waals surface area contributed by atoms with Crippen LogP contribution in [-0.2, 0) is 15.8 Å². The summed E-state index contributed by atoms with van der Waals surface area (Å²) in [6, 6.07) is 8.81. The molecule has 0 aromatic heterocycles. The number of nitrogens with one attached hydrogen (secondary N) is 1. The van der Waals surface area contributed by atoms with E-state index in [0.717, 1.165) is 31.6 Å². The van der Waals surface area contributed by atoms with Gasteiger partial charge in [0, 0.05) is 6.04 Å². The van der Waals surface area contributed by atoms with Crippen molar-refractivity contribution < 1.29 is 8.42 Å². The maximum atomic E-state index is 12.2. The van der Waals surface area contributed by atoms with Gasteiger partial charge in [0.05, 0.1) is 17.4 Å². The molecule has 0 amide bonds. The van der Waals surface area contributed by atoms with Crippen LogP contribution in [0.15, 0.2) is 24.3 Å². The summed E-state index contributed by atoms with van der Waals surface area (Å²) in [7, 11) is -3.31. The van der Waals surface area contributed by atoms with Gasteiger partial charge >= 0.3 is 0 Å². The molecular weight excluding hydrogens is 284 g/mol. The summed E-state index contributed by atoms with van der Waals surface area (Å²) >= 11 is 0. The number of hydrogen-bond donors (Lipinski definition) is 1. The Morgan fingerprint density at radius 3 is 2.33 bits per heavy atom. The Balaban J connectivity index is 1.91. The number of hydrogen-bond acceptors (Lipinski definition) is 3. The van der Waals surface area contributed by atoms with Gasteiger partial charge in [-0.2, -0.15) is 5.26 Å². The van der Waals surface area contributed by atoms with Crippen molar-refractivity contribution in [2.24, 2.45) is 5.92 Å². The number of benzene rings is 1. The van der Waals surface area contributed by atoms with E-state index in [1.54, 1.807) is 24.3 Å². The predicted molar refractivity (Wildman–Crippen MR) is 83.0 cm³/mol. The monoisotopic (exact) mass is 306 g/mol. The summed E-state index contributed by atoms with van der Waals surface area (Å²) in [6.07, 6.45) is 5.28. The minimum Gasteiger partial charge on any atom is -0.212 e. The van der Waals surface area contributed by atoms with Gasteiger partial charge in [0.1, 0.15) is 0 Å². The Kier molecular flexibility index (Phi) is 5.38. The lowest BCUT2D eigenvalue weighted by atomic mass is 9.85. The third-order valence-corrected chi connectivity index (χ3v) is 5.62. The highest BCUT2D eigenvalue weighted by atomic mass is 32.2. The Morgan fingerprint density at radius 1 is 1.19 bits per heavy atom. The molecule has 4 nitrogen and oxygen atoms in total. The summed E-state index contributed by atoms with van der Waals surface area (Å²) in [5.41, 5.74) is 1.26. The van der Waals surface area contributed by atoms with Crippen molar-refractivity contribution in [2.45, 2.75) is 50.8 Å². The zero-order valence-electron chi connectivity index (χ0n) is 12.4. The minimum absolute atomic E-state index is 0.0214. The first kappa shape index (κ1) is 16.0. The molecule has 1 fully saturated rings. The number of rotatable bonds is 5. The molecule has 2 rings (SSSR count). The Morgan fingerprint density at radius 2 is 1.81 bits per heavy atom. The SMILES string of the molecule is CCC1CCC(NS(=O)(=O)Cc2ccc(C#N)cc2)CC1. The fourth-order valence-electron chi connectivity index (χ4n) is 2.88. The second-order valence-corrected chi connectivity index (χ2v) is 7.57. The van der Waals surface area contributed by atoms with E-state index in [-0.39, 0.29) is 11.8 Å². The van der Waals surface area contributed by atoms with E-state index in [0.29, 0.717) is 11.1 Å². The topological polar surface area (TPSA) is 70.0 Å². The standard InChI is InChI=1S/C16H22N2O2S/c1-2-13-7-9-16(10-8-13)18-21(19,20)12-15-5-3-14(11-17)4-6-15/h3-6,13,16,18H,2,7-10,12H2,1H3. The highest BCUT2D eigenvalue weighted by Crippen LogP contribution is 2.27. The van der Waals surface area contributed by atoms with Crippen LogP contribution in [0.25, 0.3) is 0 Å². The first-order valence-electron chi connectivity index (χ1n) is 7.51. The maximum absolute atomic E-state index is 12.2. The van der Waals surface area contributed by atoms with E-state index in [2.05, 4.69) is 11.6 Å². The molecule has 0 atom stereocenters. The second-order valence-electron chi connectivity index (χ2n) is 5.81. The van der Waals surface area contributed by atoms with Crippen LogP contribution in [0.2, 0.25) is 0 Å². The fraction of sp³-hybridized carbons (Fsp3) is 0.562. The van der Waals surface area contributed by atoms with Gasteiger partial charge in [0.15, 0.2) is 0 Å². The molecule has 114 valence electrons. The molecule has 1 aromatic rings. The van der Waals surface area contributed by atoms with Crippen molar-refractivity contribution in [3.63, 3.8) is 0 Å². The third-order valence-electron chi connectivity index (χ3n) is 4.21. The molecule has 0 bridgehead atoms. The smallest absolute Gasteiger partial charge is 0.212 e. The molecule has 5 heteroatoms. The lowest BCUT2D eigenvalue weighted by molar-refractivity contribution is 0.306. The van der Waals surface area contributed by atoms with Gasteiger partial charge in [-0.05, 0) is 49.3 Å². The quantitative estimate of drug-likeness (QED) is 0.909. The lowest BCUT2D eigenvalue weighted by Gasteiger charge is -2.28. The number of sulfonamides is 1. The van der Waals surface area contributed by atoms with Crippen LogP contribution >= 0.6 is 0 Å². The summed E-state index contributed by atoms with van der Waals surface area (Å²) in [5, 5.41) is 8.74. The van der Waals surface area contributed by atoms with Gasteiger partial charge in [-0.15, -0.1) is 0 Å². The largest absolute Gasteiger partial charge is 0.216 e. The van der Waals surface area contributed by atoms with Crippen LogP contribution in [0.1, 0.15) is 50.2 Å². The van der Waals surface area contributed by atoms with E-state index in [1.807, 2.05) is 6.07 Å². The van der Waals surface area contributed by atoms with Gasteiger partial charge in [0.2, 0.25) is 10.0 Å². The van der Waals surface area contributed by atoms with Crippen LogP contribution in [-0.4, -0.2) is 14.5 Å². The Bertz CT molecular complexity index is 594. The molecular formula is C16H22N2O2S. The molecule has 0 aliphatic heterocycles. The molecule has 1 saturated carbocycles. The zero-order valence-corrected chi connectivity index (χ0v) is 13.2. The number of nitrogens with zero attached hydrogens (tertiary/aromatic N) is 1. The van der Waals surface area contributed by atoms with Gasteiger partial charge in [-0.1, -0.05) is 25.5 Å². The third kappa shape index (κ3) is 4.83. The molecule has 21 heavy (non-hydrogen) atoms. The zero-order chi connectivity index (χ0) is 15.3. The fourth-order valence-corrected chi connectivity index (χ4v) is 4.34. The maximum Gasteiger partial charge on any atom is 0.216 e. The molecule has 1 aliphatic carbocycles. The highest BCUT2D eigenvalue weighted by molar-refractivity contribution is 7.88. The molecule has 0 saturated heterocycles. The minimum atomic E-state index is -3.31. The molecule has 1 aromatic carbocycles. The summed E-state index contributed by atoms with van der Waals surface area (Å²) < 4.78 is 27.2. The molecule has 0 heterocycles. The molecule has 0 radical (unpaired) electrons. The van der Waals surface area contributed by atoms with E-state index < -0.39 is 10.0 Å². The van der Waals surface area contributed by atoms with Gasteiger partial charge in [-0.25, -0.2) is 13.1 Å². The second kappa shape index (κ2) is 7.06. The van der Waals surface area contributed by atoms with Gasteiger partial charge in [-0.3, -0.25) is 0 Å². The van der Waals surface area contributed by atoms with Crippen LogP contribution < -0.4 is 4.72 Å². The molecule has 1 N–H and O–H groups in total. The van der Waals surface area contributed by atoms with Crippen LogP contribution in [0.5, 0.6) is 0 Å². The predicted octanol–water partition coefficient (Wildman–Crippen LogP) is 2.95. The van der Waals surface area contributed by atoms with Crippen LogP contribution in [0.3, 0.4) is 0 Å². The average molecular weight is 306 g/mol. The van der Waals surface area contributed by atoms with Crippen LogP contribution in [0.4, 0.5) is 0 Å². The Hall–Kier alpha value is -1.38. The van der Waals surface area contributed by atoms with Crippen molar-refractivity contribution in [3.8, 4) is 6.07 Å². The van der Waals surface area contributed by atoms with E-state index in [9.17, 15) is 8.42 Å². The van der Waals surface area contributed by atoms with Crippen molar-refractivity contribution in [1.82, 2.24) is 4.72 Å². The molecule has 0 unspecified atom stereocenters. The summed E-state index contributed by atoms with van der Waals surface area (Å²) in [4.78, 5) is 0. The van der Waals surface area contributed by atoms with Crippen LogP contribution in [0, 0.1) is 17.2 Å². The van der Waals surface area contributed by atoms with Crippen molar-refractivity contribution in [3.05, 3.63) is 35.4 Å². The summed E-state index contributed by atoms with van der Waals surface area (Å²) in [6.45, 7) is 2.19. The van der Waals surface area contributed by atoms with Crippen molar-refractivity contribution in [1.29, 1.82) is 5.26 Å². The molecule has 1 aliphatic rings. The Labute approximate surface area is 127 Å². The first-order valence-corrected chi connectivity index (χ1v) is 9.16. The molecule has 0 spiro atoms. The van der Waals surface area contributed by atoms with Gasteiger partial charge in [0.25, 0.3) is 0 Å². The number of nitriles is 1.